The lowest BCUT2D eigenvalue weighted by Gasteiger charge is -2.38. The number of hydrogen-bond donors (Lipinski definition) is 2. The average Bonchev–Trinajstić information content (AvgIpc) is 3.05. The van der Waals surface area contributed by atoms with E-state index in [0.717, 1.165) is 38.5 Å². The van der Waals surface area contributed by atoms with Crippen molar-refractivity contribution >= 4 is 16.6 Å². The van der Waals surface area contributed by atoms with Crippen molar-refractivity contribution in [2.24, 2.45) is 0 Å². The monoisotopic (exact) mass is 432 g/mol. The summed E-state index contributed by atoms with van der Waals surface area (Å²) in [5.41, 5.74) is 0. The molecule has 0 saturated heterocycles. The molecule has 2 aliphatic rings. The zero-order valence-corrected chi connectivity index (χ0v) is 22.3. The van der Waals surface area contributed by atoms with Crippen LogP contribution in [0.25, 0.3) is 0 Å². The molecule has 0 heterocycles. The van der Waals surface area contributed by atoms with Crippen molar-refractivity contribution in [1.29, 1.82) is 0 Å². The third kappa shape index (κ3) is 7.84. The second-order valence-electron chi connectivity index (χ2n) is 11.9. The third-order valence-corrected chi connectivity index (χ3v) is 16.3. The molecular weight excluding hydrogens is 384 g/mol. The molecule has 0 aliphatic heterocycles. The highest BCUT2D eigenvalue weighted by Gasteiger charge is 2.41. The molecule has 0 unspecified atom stereocenters. The minimum atomic E-state index is -1.61. The Bertz CT molecular complexity index is 436. The van der Waals surface area contributed by atoms with Gasteiger partial charge in [-0.2, -0.15) is 0 Å². The SMILES string of the molecule is CC(C)(C)[Si](C)(C)O[C@@H]1CC[C@H](O)C1.CC(C)(C)[Si](C)(C)O[C@H]1CC[C@@H](O)C1. The van der Waals surface area contributed by atoms with Crippen LogP contribution in [-0.2, 0) is 8.85 Å². The molecule has 2 saturated carbocycles. The van der Waals surface area contributed by atoms with Gasteiger partial charge in [-0.05, 0) is 74.8 Å². The largest absolute Gasteiger partial charge is 0.414 e. The van der Waals surface area contributed by atoms with E-state index in [2.05, 4.69) is 67.7 Å². The fourth-order valence-electron chi connectivity index (χ4n) is 3.24. The van der Waals surface area contributed by atoms with E-state index < -0.39 is 16.6 Å². The highest BCUT2D eigenvalue weighted by atomic mass is 28.4. The maximum Gasteiger partial charge on any atom is 0.192 e. The van der Waals surface area contributed by atoms with E-state index in [0.29, 0.717) is 12.2 Å². The minimum absolute atomic E-state index is 0.121. The smallest absolute Gasteiger partial charge is 0.192 e. The molecule has 2 rings (SSSR count). The van der Waals surface area contributed by atoms with Crippen LogP contribution >= 0.6 is 0 Å². The molecule has 2 aliphatic carbocycles. The highest BCUT2D eigenvalue weighted by Crippen LogP contribution is 2.40. The van der Waals surface area contributed by atoms with Crippen LogP contribution in [0.1, 0.15) is 80.1 Å². The minimum Gasteiger partial charge on any atom is -0.414 e. The molecule has 0 spiro atoms. The van der Waals surface area contributed by atoms with E-state index in [1.54, 1.807) is 0 Å². The summed E-state index contributed by atoms with van der Waals surface area (Å²) >= 11 is 0. The summed E-state index contributed by atoms with van der Waals surface area (Å²) in [6.07, 6.45) is 5.96. The molecule has 0 aromatic rings. The van der Waals surface area contributed by atoms with E-state index in [1.165, 1.54) is 0 Å². The molecule has 4 nitrogen and oxygen atoms in total. The van der Waals surface area contributed by atoms with Crippen LogP contribution in [-0.4, -0.2) is 51.3 Å². The Morgan fingerprint density at radius 2 is 0.893 bits per heavy atom. The normalized spacial score (nSPS) is 29.6. The maximum absolute atomic E-state index is 9.43. The zero-order chi connectivity index (χ0) is 22.0. The van der Waals surface area contributed by atoms with Crippen molar-refractivity contribution in [2.45, 2.75) is 141 Å². The summed E-state index contributed by atoms with van der Waals surface area (Å²) in [5.74, 6) is 0. The molecule has 168 valence electrons. The van der Waals surface area contributed by atoms with Gasteiger partial charge in [-0.1, -0.05) is 41.5 Å². The lowest BCUT2D eigenvalue weighted by molar-refractivity contribution is 0.140. The van der Waals surface area contributed by atoms with Crippen molar-refractivity contribution in [1.82, 2.24) is 0 Å². The second-order valence-corrected chi connectivity index (χ2v) is 21.4. The van der Waals surface area contributed by atoms with Gasteiger partial charge >= 0.3 is 0 Å². The van der Waals surface area contributed by atoms with Gasteiger partial charge in [-0.15, -0.1) is 0 Å². The van der Waals surface area contributed by atoms with Gasteiger partial charge in [-0.25, -0.2) is 0 Å². The Morgan fingerprint density at radius 1 is 0.607 bits per heavy atom. The van der Waals surface area contributed by atoms with Crippen molar-refractivity contribution < 1.29 is 19.1 Å². The summed E-state index contributed by atoms with van der Waals surface area (Å²) in [4.78, 5) is 0. The molecule has 0 radical (unpaired) electrons. The predicted molar refractivity (Wildman–Crippen MR) is 124 cm³/mol. The zero-order valence-electron chi connectivity index (χ0n) is 20.3. The number of rotatable bonds is 4. The summed E-state index contributed by atoms with van der Waals surface area (Å²) in [6.45, 7) is 22.6. The van der Waals surface area contributed by atoms with Crippen LogP contribution in [0.5, 0.6) is 0 Å². The summed E-state index contributed by atoms with van der Waals surface area (Å²) in [6, 6.07) is 0. The third-order valence-electron chi connectivity index (χ3n) is 7.25. The van der Waals surface area contributed by atoms with Crippen LogP contribution in [0.2, 0.25) is 36.3 Å². The van der Waals surface area contributed by atoms with E-state index in [4.69, 9.17) is 8.85 Å². The van der Waals surface area contributed by atoms with Crippen molar-refractivity contribution in [3.05, 3.63) is 0 Å². The van der Waals surface area contributed by atoms with Gasteiger partial charge in [0.2, 0.25) is 0 Å². The molecule has 0 amide bonds. The van der Waals surface area contributed by atoms with Gasteiger partial charge in [0.25, 0.3) is 0 Å². The topological polar surface area (TPSA) is 58.9 Å². The average molecular weight is 433 g/mol. The lowest BCUT2D eigenvalue weighted by atomic mass is 10.2. The van der Waals surface area contributed by atoms with E-state index in [-0.39, 0.29) is 22.3 Å². The van der Waals surface area contributed by atoms with Gasteiger partial charge in [-0.3, -0.25) is 0 Å². The van der Waals surface area contributed by atoms with Crippen LogP contribution < -0.4 is 0 Å². The Labute approximate surface area is 176 Å². The van der Waals surface area contributed by atoms with Crippen LogP contribution in [0.15, 0.2) is 0 Å². The molecule has 0 aromatic carbocycles. The first-order valence-electron chi connectivity index (χ1n) is 11.2. The first kappa shape index (κ1) is 26.3. The van der Waals surface area contributed by atoms with Gasteiger partial charge < -0.3 is 19.1 Å². The Balaban J connectivity index is 0.000000280. The molecule has 2 N–H and O–H groups in total. The van der Waals surface area contributed by atoms with E-state index >= 15 is 0 Å². The number of hydrogen-bond acceptors (Lipinski definition) is 4. The predicted octanol–water partition coefficient (Wildman–Crippen LogP) is 5.84. The molecule has 0 bridgehead atoms. The van der Waals surface area contributed by atoms with Gasteiger partial charge in [0.15, 0.2) is 16.6 Å². The highest BCUT2D eigenvalue weighted by molar-refractivity contribution is 6.74. The quantitative estimate of drug-likeness (QED) is 0.548. The number of aliphatic hydroxyl groups excluding tert-OH is 2. The molecule has 0 aromatic heterocycles. The summed E-state index contributed by atoms with van der Waals surface area (Å²) in [7, 11) is -3.22. The second kappa shape index (κ2) is 9.60. The van der Waals surface area contributed by atoms with E-state index in [9.17, 15) is 10.2 Å². The van der Waals surface area contributed by atoms with Gasteiger partial charge in [0, 0.05) is 12.2 Å². The lowest BCUT2D eigenvalue weighted by Crippen LogP contribution is -2.43. The van der Waals surface area contributed by atoms with Gasteiger partial charge in [0.05, 0.1) is 12.2 Å². The summed E-state index contributed by atoms with van der Waals surface area (Å²) in [5, 5.41) is 19.4. The first-order valence-corrected chi connectivity index (χ1v) is 17.0. The van der Waals surface area contributed by atoms with E-state index in [1.807, 2.05) is 0 Å². The molecule has 6 heteroatoms. The Kier molecular flexibility index (Phi) is 9.02. The molecule has 28 heavy (non-hydrogen) atoms. The van der Waals surface area contributed by atoms with Crippen molar-refractivity contribution in [3.63, 3.8) is 0 Å². The first-order chi connectivity index (χ1) is 12.4. The maximum atomic E-state index is 9.43. The Hall–Kier alpha value is 0.274. The molecule has 2 fully saturated rings. The molecule has 4 atom stereocenters. The van der Waals surface area contributed by atoms with Crippen LogP contribution in [0, 0.1) is 0 Å². The van der Waals surface area contributed by atoms with Crippen molar-refractivity contribution in [3.8, 4) is 0 Å². The standard InChI is InChI=1S/2C11H24O2Si/c2*1-11(2,3)14(4,5)13-10-7-6-9(12)8-10/h2*9-10,12H,6-8H2,1-5H3/t2*9-,10+/m10/s1. The summed E-state index contributed by atoms with van der Waals surface area (Å²) < 4.78 is 12.4. The fourth-order valence-corrected chi connectivity index (χ4v) is 6.04. The van der Waals surface area contributed by atoms with Crippen molar-refractivity contribution in [2.75, 3.05) is 0 Å². The molecular formula is C22H48O4Si2. The van der Waals surface area contributed by atoms with Crippen LogP contribution in [0.4, 0.5) is 0 Å². The van der Waals surface area contributed by atoms with Gasteiger partial charge in [0.1, 0.15) is 0 Å². The number of aliphatic hydroxyl groups is 2. The Morgan fingerprint density at radius 3 is 1.07 bits per heavy atom. The van der Waals surface area contributed by atoms with Crippen LogP contribution in [0.3, 0.4) is 0 Å². The fraction of sp³-hybridized carbons (Fsp3) is 1.00.